The molecule has 2 N–H and O–H groups in total. The van der Waals surface area contributed by atoms with Gasteiger partial charge in [-0.15, -0.1) is 0 Å². The number of benzene rings is 1. The number of likely N-dealkylation sites (tertiary alicyclic amines) is 1. The molecular formula is C14H17NO5. The summed E-state index contributed by atoms with van der Waals surface area (Å²) in [6, 6.07) is 6.38. The van der Waals surface area contributed by atoms with E-state index in [0.29, 0.717) is 13.0 Å². The molecule has 2 rings (SSSR count). The number of phenols is 1. The molecule has 6 nitrogen and oxygen atoms in total. The van der Waals surface area contributed by atoms with Gasteiger partial charge < -0.3 is 19.8 Å². The van der Waals surface area contributed by atoms with E-state index in [4.69, 9.17) is 4.74 Å². The molecular weight excluding hydrogens is 262 g/mol. The Hall–Kier alpha value is -2.08. The van der Waals surface area contributed by atoms with Gasteiger partial charge in [-0.3, -0.25) is 4.79 Å². The van der Waals surface area contributed by atoms with Crippen molar-refractivity contribution in [3.8, 4) is 5.75 Å². The maximum Gasteiger partial charge on any atom is 0.337 e. The van der Waals surface area contributed by atoms with Gasteiger partial charge in [0.05, 0.1) is 13.0 Å². The molecule has 6 heteroatoms. The van der Waals surface area contributed by atoms with E-state index < -0.39 is 11.6 Å². The Kier molecular flexibility index (Phi) is 3.94. The van der Waals surface area contributed by atoms with Crippen molar-refractivity contribution in [2.45, 2.75) is 18.4 Å². The second-order valence-corrected chi connectivity index (χ2v) is 4.91. The molecule has 1 heterocycles. The number of hydrogen-bond donors (Lipinski definition) is 2. The van der Waals surface area contributed by atoms with Crippen LogP contribution in [0.5, 0.6) is 5.75 Å². The third kappa shape index (κ3) is 2.75. The van der Waals surface area contributed by atoms with E-state index in [1.165, 1.54) is 24.1 Å². The number of hydrogen-bond acceptors (Lipinski definition) is 4. The fraction of sp³-hybridized carbons (Fsp3) is 0.429. The van der Waals surface area contributed by atoms with E-state index in [0.717, 1.165) is 5.56 Å². The number of aliphatic carboxylic acids is 1. The first-order chi connectivity index (χ1) is 9.47. The molecule has 1 aromatic rings. The number of methoxy groups -OCH3 is 1. The van der Waals surface area contributed by atoms with Gasteiger partial charge in [-0.2, -0.15) is 0 Å². The Morgan fingerprint density at radius 2 is 2.00 bits per heavy atom. The van der Waals surface area contributed by atoms with Crippen LogP contribution in [0.15, 0.2) is 24.3 Å². The highest BCUT2D eigenvalue weighted by Gasteiger charge is 2.46. The fourth-order valence-electron chi connectivity index (χ4n) is 2.32. The molecule has 0 spiro atoms. The lowest BCUT2D eigenvalue weighted by molar-refractivity contribution is -0.160. The van der Waals surface area contributed by atoms with Gasteiger partial charge in [0.25, 0.3) is 0 Å². The summed E-state index contributed by atoms with van der Waals surface area (Å²) < 4.78 is 5.08. The number of ether oxygens (including phenoxy) is 1. The number of nitrogens with zero attached hydrogens (tertiary/aromatic N) is 1. The number of carbonyl (C=O) groups excluding carboxylic acids is 1. The van der Waals surface area contributed by atoms with Gasteiger partial charge in [-0.1, -0.05) is 12.1 Å². The van der Waals surface area contributed by atoms with Crippen LogP contribution in [0.2, 0.25) is 0 Å². The van der Waals surface area contributed by atoms with Crippen molar-refractivity contribution in [2.75, 3.05) is 20.2 Å². The minimum absolute atomic E-state index is 0.0652. The largest absolute Gasteiger partial charge is 0.508 e. The Bertz CT molecular complexity index is 513. The number of phenolic OH excluding ortho intramolecular Hbond substituents is 1. The first-order valence-corrected chi connectivity index (χ1v) is 6.31. The second-order valence-electron chi connectivity index (χ2n) is 4.91. The smallest absolute Gasteiger partial charge is 0.337 e. The molecule has 0 bridgehead atoms. The van der Waals surface area contributed by atoms with E-state index in [2.05, 4.69) is 0 Å². The zero-order chi connectivity index (χ0) is 14.8. The summed E-state index contributed by atoms with van der Waals surface area (Å²) in [5, 5.41) is 18.4. The topological polar surface area (TPSA) is 87.1 Å². The lowest BCUT2D eigenvalue weighted by atomic mass is 10.0. The third-order valence-electron chi connectivity index (χ3n) is 3.66. The van der Waals surface area contributed by atoms with E-state index in [1.54, 1.807) is 12.1 Å². The van der Waals surface area contributed by atoms with Crippen LogP contribution >= 0.6 is 0 Å². The van der Waals surface area contributed by atoms with Crippen molar-refractivity contribution < 1.29 is 24.5 Å². The van der Waals surface area contributed by atoms with Crippen LogP contribution in [0.25, 0.3) is 0 Å². The second kappa shape index (κ2) is 5.50. The molecule has 1 aliphatic rings. The zero-order valence-electron chi connectivity index (χ0n) is 11.2. The number of amides is 1. The van der Waals surface area contributed by atoms with Gasteiger partial charge in [0.1, 0.15) is 5.75 Å². The van der Waals surface area contributed by atoms with E-state index in [9.17, 15) is 19.8 Å². The first kappa shape index (κ1) is 14.3. The average molecular weight is 279 g/mol. The van der Waals surface area contributed by atoms with Crippen LogP contribution < -0.4 is 0 Å². The zero-order valence-corrected chi connectivity index (χ0v) is 11.2. The van der Waals surface area contributed by atoms with Crippen LogP contribution in [0.4, 0.5) is 0 Å². The molecule has 1 atom stereocenters. The monoisotopic (exact) mass is 279 g/mol. The molecule has 20 heavy (non-hydrogen) atoms. The molecule has 1 aromatic carbocycles. The van der Waals surface area contributed by atoms with Crippen LogP contribution in [0, 0.1) is 0 Å². The van der Waals surface area contributed by atoms with Crippen LogP contribution in [0.3, 0.4) is 0 Å². The van der Waals surface area contributed by atoms with Crippen molar-refractivity contribution in [2.24, 2.45) is 0 Å². The lowest BCUT2D eigenvalue weighted by Crippen LogP contribution is -2.44. The SMILES string of the molecule is COC1(C(=O)O)CCN(C(=O)Cc2ccc(O)cc2)C1. The number of carboxylic acids is 1. The van der Waals surface area contributed by atoms with Gasteiger partial charge in [0, 0.05) is 20.1 Å². The van der Waals surface area contributed by atoms with Crippen molar-refractivity contribution in [1.82, 2.24) is 4.90 Å². The predicted octanol–water partition coefficient (Wildman–Crippen LogP) is 0.637. The van der Waals surface area contributed by atoms with Gasteiger partial charge in [-0.25, -0.2) is 4.79 Å². The Labute approximate surface area is 116 Å². The summed E-state index contributed by atoms with van der Waals surface area (Å²) in [7, 11) is 1.35. The van der Waals surface area contributed by atoms with Crippen LogP contribution in [0.1, 0.15) is 12.0 Å². The first-order valence-electron chi connectivity index (χ1n) is 6.31. The number of carboxylic acid groups (broad SMARTS) is 1. The minimum Gasteiger partial charge on any atom is -0.508 e. The Balaban J connectivity index is 2.01. The fourth-order valence-corrected chi connectivity index (χ4v) is 2.32. The highest BCUT2D eigenvalue weighted by atomic mass is 16.5. The third-order valence-corrected chi connectivity index (χ3v) is 3.66. The Morgan fingerprint density at radius 1 is 1.35 bits per heavy atom. The highest BCUT2D eigenvalue weighted by molar-refractivity contribution is 5.83. The summed E-state index contributed by atoms with van der Waals surface area (Å²) in [6.07, 6.45) is 0.472. The molecule has 0 saturated carbocycles. The molecule has 1 amide bonds. The molecule has 1 aliphatic heterocycles. The summed E-state index contributed by atoms with van der Waals surface area (Å²) in [6.45, 7) is 0.437. The molecule has 1 unspecified atom stereocenters. The Morgan fingerprint density at radius 3 is 2.50 bits per heavy atom. The summed E-state index contributed by atoms with van der Waals surface area (Å²) in [4.78, 5) is 24.9. The quantitative estimate of drug-likeness (QED) is 0.844. The van der Waals surface area contributed by atoms with Gasteiger partial charge in [0.15, 0.2) is 5.60 Å². The highest BCUT2D eigenvalue weighted by Crippen LogP contribution is 2.26. The normalized spacial score (nSPS) is 21.9. The van der Waals surface area contributed by atoms with Crippen molar-refractivity contribution in [3.63, 3.8) is 0 Å². The summed E-state index contributed by atoms with van der Waals surface area (Å²) in [5.41, 5.74) is -0.511. The van der Waals surface area contributed by atoms with Crippen LogP contribution in [-0.2, 0) is 20.7 Å². The van der Waals surface area contributed by atoms with Crippen LogP contribution in [-0.4, -0.2) is 52.8 Å². The van der Waals surface area contributed by atoms with Crippen molar-refractivity contribution >= 4 is 11.9 Å². The molecule has 1 fully saturated rings. The van der Waals surface area contributed by atoms with Gasteiger partial charge in [0.2, 0.25) is 5.91 Å². The number of rotatable bonds is 4. The van der Waals surface area contributed by atoms with Gasteiger partial charge in [-0.05, 0) is 17.7 Å². The molecule has 108 valence electrons. The predicted molar refractivity (Wildman–Crippen MR) is 70.4 cm³/mol. The van der Waals surface area contributed by atoms with Crippen molar-refractivity contribution in [3.05, 3.63) is 29.8 Å². The molecule has 0 aromatic heterocycles. The molecule has 1 saturated heterocycles. The average Bonchev–Trinajstić information content (AvgIpc) is 2.87. The van der Waals surface area contributed by atoms with E-state index in [-0.39, 0.29) is 24.6 Å². The summed E-state index contributed by atoms with van der Waals surface area (Å²) >= 11 is 0. The molecule has 0 aliphatic carbocycles. The number of aromatic hydroxyl groups is 1. The minimum atomic E-state index is -1.29. The maximum atomic E-state index is 12.1. The molecule has 0 radical (unpaired) electrons. The summed E-state index contributed by atoms with van der Waals surface area (Å²) in [5.74, 6) is -1.04. The number of carbonyl (C=O) groups is 2. The standard InChI is InChI=1S/C14H17NO5/c1-20-14(13(18)19)6-7-15(9-14)12(17)8-10-2-4-11(16)5-3-10/h2-5,16H,6-9H2,1H3,(H,18,19). The van der Waals surface area contributed by atoms with E-state index >= 15 is 0 Å². The lowest BCUT2D eigenvalue weighted by Gasteiger charge is -2.23. The van der Waals surface area contributed by atoms with E-state index in [1.807, 2.05) is 0 Å². The maximum absolute atomic E-state index is 12.1. The van der Waals surface area contributed by atoms with Gasteiger partial charge >= 0.3 is 5.97 Å². The van der Waals surface area contributed by atoms with Crippen molar-refractivity contribution in [1.29, 1.82) is 0 Å².